The van der Waals surface area contributed by atoms with E-state index < -0.39 is 0 Å². The zero-order valence-electron chi connectivity index (χ0n) is 13.9. The molecule has 0 saturated heterocycles. The lowest BCUT2D eigenvalue weighted by Crippen LogP contribution is -2.08. The Balaban J connectivity index is 1.75. The number of para-hydroxylation sites is 1. The Kier molecular flexibility index (Phi) is 6.50. The van der Waals surface area contributed by atoms with Crippen LogP contribution in [-0.4, -0.2) is 20.7 Å². The fourth-order valence-electron chi connectivity index (χ4n) is 2.47. The average molecular weight is 308 g/mol. The molecule has 0 aliphatic heterocycles. The second kappa shape index (κ2) is 8.85. The first-order chi connectivity index (χ1) is 11.2. The minimum Gasteiger partial charge on any atom is -0.494 e. The molecular weight excluding hydrogens is 284 g/mol. The van der Waals surface area contributed by atoms with Crippen LogP contribution in [0.1, 0.15) is 30.7 Å². The van der Waals surface area contributed by atoms with Crippen LogP contribution in [0.5, 0.6) is 5.75 Å². The normalized spacial score (nSPS) is 11.5. The highest BCUT2D eigenvalue weighted by Crippen LogP contribution is 2.23. The smallest absolute Gasteiger partial charge is 0.119 e. The van der Waals surface area contributed by atoms with Crippen molar-refractivity contribution in [3.8, 4) is 11.8 Å². The van der Waals surface area contributed by atoms with Gasteiger partial charge in [-0.3, -0.25) is 0 Å². The Hall–Kier alpha value is -2.47. The quantitative estimate of drug-likeness (QED) is 0.668. The number of ether oxygens (including phenoxy) is 1. The molecule has 0 N–H and O–H groups in total. The molecule has 2 aromatic carbocycles. The highest BCUT2D eigenvalue weighted by atomic mass is 16.5. The predicted molar refractivity (Wildman–Crippen MR) is 94.9 cm³/mol. The maximum Gasteiger partial charge on any atom is 0.119 e. The summed E-state index contributed by atoms with van der Waals surface area (Å²) in [6.07, 6.45) is 2.82. The summed E-state index contributed by atoms with van der Waals surface area (Å²) in [5.41, 5.74) is 2.25. The molecule has 0 radical (unpaired) electrons. The first-order valence-electron chi connectivity index (χ1n) is 8.05. The van der Waals surface area contributed by atoms with Gasteiger partial charge in [-0.05, 0) is 49.1 Å². The van der Waals surface area contributed by atoms with Crippen molar-refractivity contribution >= 4 is 5.69 Å². The summed E-state index contributed by atoms with van der Waals surface area (Å²) >= 11 is 0. The van der Waals surface area contributed by atoms with Gasteiger partial charge in [0.15, 0.2) is 0 Å². The predicted octanol–water partition coefficient (Wildman–Crippen LogP) is 4.61. The largest absolute Gasteiger partial charge is 0.494 e. The van der Waals surface area contributed by atoms with E-state index in [0.717, 1.165) is 36.3 Å². The standard InChI is InChI=1S/C20H24N2O/c1-22(2)19-13-11-17(12-14-19)18(16-21)8-6-7-15-23-20-9-4-3-5-10-20/h3-5,9-14,18H,6-8,15H2,1-2H3. The number of anilines is 1. The van der Waals surface area contributed by atoms with Crippen LogP contribution in [-0.2, 0) is 0 Å². The van der Waals surface area contributed by atoms with E-state index in [-0.39, 0.29) is 5.92 Å². The first kappa shape index (κ1) is 16.9. The molecule has 0 aromatic heterocycles. The molecule has 0 saturated carbocycles. The van der Waals surface area contributed by atoms with Gasteiger partial charge in [0.05, 0.1) is 18.6 Å². The van der Waals surface area contributed by atoms with Crippen molar-refractivity contribution in [1.29, 1.82) is 5.26 Å². The molecule has 0 amide bonds. The van der Waals surface area contributed by atoms with E-state index in [4.69, 9.17) is 4.74 Å². The fraction of sp³-hybridized carbons (Fsp3) is 0.350. The van der Waals surface area contributed by atoms with Crippen LogP contribution in [0.2, 0.25) is 0 Å². The van der Waals surface area contributed by atoms with Crippen LogP contribution < -0.4 is 9.64 Å². The summed E-state index contributed by atoms with van der Waals surface area (Å²) < 4.78 is 5.68. The topological polar surface area (TPSA) is 36.3 Å². The van der Waals surface area contributed by atoms with Gasteiger partial charge in [0, 0.05) is 19.8 Å². The number of rotatable bonds is 8. The van der Waals surface area contributed by atoms with Gasteiger partial charge in [0.25, 0.3) is 0 Å². The average Bonchev–Trinajstić information content (AvgIpc) is 2.59. The van der Waals surface area contributed by atoms with Crippen molar-refractivity contribution in [2.45, 2.75) is 25.2 Å². The van der Waals surface area contributed by atoms with Crippen LogP contribution in [0.15, 0.2) is 54.6 Å². The molecule has 0 heterocycles. The third kappa shape index (κ3) is 5.34. The van der Waals surface area contributed by atoms with E-state index in [9.17, 15) is 5.26 Å². The Labute approximate surface area is 139 Å². The summed E-state index contributed by atoms with van der Waals surface area (Å²) in [6.45, 7) is 0.696. The summed E-state index contributed by atoms with van der Waals surface area (Å²) in [5.74, 6) is 0.867. The second-order valence-corrected chi connectivity index (χ2v) is 5.82. The maximum atomic E-state index is 9.40. The molecule has 1 atom stereocenters. The van der Waals surface area contributed by atoms with Gasteiger partial charge < -0.3 is 9.64 Å². The monoisotopic (exact) mass is 308 g/mol. The summed E-state index contributed by atoms with van der Waals surface area (Å²) in [5, 5.41) is 9.40. The molecule has 0 fully saturated rings. The van der Waals surface area contributed by atoms with Crippen LogP contribution in [0.3, 0.4) is 0 Å². The van der Waals surface area contributed by atoms with Crippen LogP contribution in [0.25, 0.3) is 0 Å². The van der Waals surface area contributed by atoms with E-state index in [1.165, 1.54) is 0 Å². The fourth-order valence-corrected chi connectivity index (χ4v) is 2.47. The SMILES string of the molecule is CN(C)c1ccc(C(C#N)CCCCOc2ccccc2)cc1. The van der Waals surface area contributed by atoms with Crippen molar-refractivity contribution in [2.75, 3.05) is 25.6 Å². The van der Waals surface area contributed by atoms with Crippen molar-refractivity contribution in [3.63, 3.8) is 0 Å². The Morgan fingerprint density at radius 2 is 1.70 bits per heavy atom. The molecule has 0 aliphatic rings. The zero-order valence-corrected chi connectivity index (χ0v) is 13.9. The van der Waals surface area contributed by atoms with Gasteiger partial charge in [-0.2, -0.15) is 5.26 Å². The van der Waals surface area contributed by atoms with Gasteiger partial charge in [-0.25, -0.2) is 0 Å². The summed E-state index contributed by atoms with van der Waals surface area (Å²) in [6, 6.07) is 20.5. The lowest BCUT2D eigenvalue weighted by molar-refractivity contribution is 0.304. The molecule has 0 bridgehead atoms. The lowest BCUT2D eigenvalue weighted by Gasteiger charge is -2.14. The highest BCUT2D eigenvalue weighted by molar-refractivity contribution is 5.47. The lowest BCUT2D eigenvalue weighted by atomic mass is 9.95. The Bertz CT molecular complexity index is 614. The Morgan fingerprint density at radius 3 is 2.30 bits per heavy atom. The number of nitriles is 1. The Morgan fingerprint density at radius 1 is 1.00 bits per heavy atom. The molecule has 2 aromatic rings. The van der Waals surface area contributed by atoms with Gasteiger partial charge in [-0.15, -0.1) is 0 Å². The number of hydrogen-bond donors (Lipinski definition) is 0. The van der Waals surface area contributed by atoms with Crippen molar-refractivity contribution in [1.82, 2.24) is 0 Å². The van der Waals surface area contributed by atoms with E-state index >= 15 is 0 Å². The summed E-state index contributed by atoms with van der Waals surface area (Å²) in [4.78, 5) is 2.06. The molecule has 0 spiro atoms. The minimum atomic E-state index is -0.0389. The molecule has 3 nitrogen and oxygen atoms in total. The second-order valence-electron chi connectivity index (χ2n) is 5.82. The van der Waals surface area contributed by atoms with Crippen LogP contribution >= 0.6 is 0 Å². The number of benzene rings is 2. The van der Waals surface area contributed by atoms with Crippen LogP contribution in [0.4, 0.5) is 5.69 Å². The number of unbranched alkanes of at least 4 members (excludes halogenated alkanes) is 1. The van der Waals surface area contributed by atoms with E-state index in [0.29, 0.717) is 6.61 Å². The van der Waals surface area contributed by atoms with E-state index in [1.54, 1.807) is 0 Å². The number of hydrogen-bond acceptors (Lipinski definition) is 3. The minimum absolute atomic E-state index is 0.0389. The first-order valence-corrected chi connectivity index (χ1v) is 8.05. The number of nitrogens with zero attached hydrogens (tertiary/aromatic N) is 2. The summed E-state index contributed by atoms with van der Waals surface area (Å²) in [7, 11) is 4.03. The molecule has 0 aliphatic carbocycles. The van der Waals surface area contributed by atoms with Crippen molar-refractivity contribution in [2.24, 2.45) is 0 Å². The highest BCUT2D eigenvalue weighted by Gasteiger charge is 2.10. The van der Waals surface area contributed by atoms with Gasteiger partial charge in [-0.1, -0.05) is 30.3 Å². The molecule has 3 heteroatoms. The molecule has 120 valence electrons. The molecule has 1 unspecified atom stereocenters. The van der Waals surface area contributed by atoms with Crippen molar-refractivity contribution in [3.05, 3.63) is 60.2 Å². The molecule has 23 heavy (non-hydrogen) atoms. The zero-order chi connectivity index (χ0) is 16.5. The van der Waals surface area contributed by atoms with Gasteiger partial charge in [0.1, 0.15) is 5.75 Å². The third-order valence-electron chi connectivity index (χ3n) is 3.87. The molecular formula is C20H24N2O. The molecule has 2 rings (SSSR count). The third-order valence-corrected chi connectivity index (χ3v) is 3.87. The van der Waals surface area contributed by atoms with Gasteiger partial charge >= 0.3 is 0 Å². The van der Waals surface area contributed by atoms with E-state index in [1.807, 2.05) is 44.4 Å². The van der Waals surface area contributed by atoms with Gasteiger partial charge in [0.2, 0.25) is 0 Å². The van der Waals surface area contributed by atoms with E-state index in [2.05, 4.69) is 35.2 Å². The van der Waals surface area contributed by atoms with Crippen LogP contribution in [0, 0.1) is 11.3 Å². The maximum absolute atomic E-state index is 9.40. The van der Waals surface area contributed by atoms with Crippen molar-refractivity contribution < 1.29 is 4.74 Å².